The molecular weight excluding hydrogens is 366 g/mol. The highest BCUT2D eigenvalue weighted by atomic mass is 16.5. The highest BCUT2D eigenvalue weighted by molar-refractivity contribution is 5.49. The van der Waals surface area contributed by atoms with Crippen molar-refractivity contribution in [2.75, 3.05) is 67.2 Å². The van der Waals surface area contributed by atoms with Crippen LogP contribution < -0.4 is 14.7 Å². The van der Waals surface area contributed by atoms with E-state index in [1.54, 1.807) is 6.33 Å². The van der Waals surface area contributed by atoms with Crippen molar-refractivity contribution >= 4 is 17.6 Å². The molecule has 0 spiro atoms. The summed E-state index contributed by atoms with van der Waals surface area (Å²) < 4.78 is 5.46. The molecule has 29 heavy (non-hydrogen) atoms. The monoisotopic (exact) mass is 395 g/mol. The molecule has 0 unspecified atom stereocenters. The Kier molecular flexibility index (Phi) is 5.18. The molecule has 3 aliphatic rings. The second-order valence-corrected chi connectivity index (χ2v) is 8.17. The highest BCUT2D eigenvalue weighted by Gasteiger charge is 2.24. The topological polar surface area (TPSA) is 70.5 Å². The molecule has 8 nitrogen and oxygen atoms in total. The third kappa shape index (κ3) is 3.99. The number of piperazine rings is 1. The van der Waals surface area contributed by atoms with Gasteiger partial charge in [-0.2, -0.15) is 4.98 Å². The molecular formula is C21H29N7O. The lowest BCUT2D eigenvalue weighted by Gasteiger charge is -2.37. The Labute approximate surface area is 171 Å². The van der Waals surface area contributed by atoms with Crippen LogP contribution in [0.15, 0.2) is 18.5 Å². The fraction of sp³-hybridized carbons (Fsp3) is 0.619. The van der Waals surface area contributed by atoms with E-state index in [0.29, 0.717) is 5.92 Å². The summed E-state index contributed by atoms with van der Waals surface area (Å²) in [5.41, 5.74) is 2.23. The van der Waals surface area contributed by atoms with Crippen LogP contribution in [0.25, 0.3) is 0 Å². The first kappa shape index (κ1) is 18.5. The third-order valence-electron chi connectivity index (χ3n) is 6.25. The smallest absolute Gasteiger partial charge is 0.227 e. The number of anilines is 3. The number of aromatic nitrogens is 4. The van der Waals surface area contributed by atoms with Crippen molar-refractivity contribution in [1.82, 2.24) is 19.9 Å². The van der Waals surface area contributed by atoms with E-state index in [1.165, 1.54) is 25.0 Å². The van der Waals surface area contributed by atoms with E-state index in [0.717, 1.165) is 75.8 Å². The van der Waals surface area contributed by atoms with Gasteiger partial charge in [-0.05, 0) is 19.8 Å². The standard InChI is InChI=1S/C21H29N7O/c1-16-13-20(25-21(24-16)28-9-11-29-12-10-28)27-7-5-26(6-8-27)19-14-18(22-15-23-19)17-3-2-4-17/h13-15,17H,2-12H2,1H3. The van der Waals surface area contributed by atoms with Crippen LogP contribution in [-0.4, -0.2) is 72.4 Å². The Bertz CT molecular complexity index is 843. The third-order valence-corrected chi connectivity index (χ3v) is 6.25. The van der Waals surface area contributed by atoms with E-state index in [4.69, 9.17) is 9.72 Å². The van der Waals surface area contributed by atoms with Gasteiger partial charge in [-0.3, -0.25) is 0 Å². The van der Waals surface area contributed by atoms with Crippen LogP contribution in [0.4, 0.5) is 17.6 Å². The lowest BCUT2D eigenvalue weighted by Crippen LogP contribution is -2.47. The SMILES string of the molecule is Cc1cc(N2CCN(c3cc(C4CCC4)ncn3)CC2)nc(N2CCOCC2)n1. The van der Waals surface area contributed by atoms with Gasteiger partial charge in [0.15, 0.2) is 0 Å². The summed E-state index contributed by atoms with van der Waals surface area (Å²) in [7, 11) is 0. The van der Waals surface area contributed by atoms with Gasteiger partial charge in [-0.15, -0.1) is 0 Å². The number of hydrogen-bond acceptors (Lipinski definition) is 8. The molecule has 0 amide bonds. The zero-order chi connectivity index (χ0) is 19.6. The molecule has 0 aromatic carbocycles. The van der Waals surface area contributed by atoms with Gasteiger partial charge in [-0.1, -0.05) is 6.42 Å². The molecule has 154 valence electrons. The molecule has 0 radical (unpaired) electrons. The molecule has 0 N–H and O–H groups in total. The molecule has 1 saturated carbocycles. The van der Waals surface area contributed by atoms with Gasteiger partial charge >= 0.3 is 0 Å². The van der Waals surface area contributed by atoms with Gasteiger partial charge < -0.3 is 19.4 Å². The van der Waals surface area contributed by atoms with Gasteiger partial charge in [-0.25, -0.2) is 15.0 Å². The second kappa shape index (κ2) is 8.10. The quantitative estimate of drug-likeness (QED) is 0.779. The van der Waals surface area contributed by atoms with Crippen molar-refractivity contribution in [2.45, 2.75) is 32.1 Å². The maximum Gasteiger partial charge on any atom is 0.227 e. The molecule has 0 bridgehead atoms. The van der Waals surface area contributed by atoms with Gasteiger partial charge in [0.05, 0.1) is 13.2 Å². The van der Waals surface area contributed by atoms with E-state index >= 15 is 0 Å². The first-order valence-electron chi connectivity index (χ1n) is 10.8. The van der Waals surface area contributed by atoms with Crippen LogP contribution in [0.3, 0.4) is 0 Å². The summed E-state index contributed by atoms with van der Waals surface area (Å²) in [4.78, 5) is 25.5. The van der Waals surface area contributed by atoms with E-state index < -0.39 is 0 Å². The number of nitrogens with zero attached hydrogens (tertiary/aromatic N) is 7. The van der Waals surface area contributed by atoms with Crippen molar-refractivity contribution < 1.29 is 4.74 Å². The highest BCUT2D eigenvalue weighted by Crippen LogP contribution is 2.36. The molecule has 2 aliphatic heterocycles. The Morgan fingerprint density at radius 3 is 2.24 bits per heavy atom. The fourth-order valence-corrected chi connectivity index (χ4v) is 4.23. The minimum absolute atomic E-state index is 0.639. The molecule has 3 fully saturated rings. The van der Waals surface area contributed by atoms with Crippen molar-refractivity contribution in [3.05, 3.63) is 29.8 Å². The predicted molar refractivity (Wildman–Crippen MR) is 113 cm³/mol. The van der Waals surface area contributed by atoms with Crippen LogP contribution in [0.1, 0.15) is 36.6 Å². The summed E-state index contributed by atoms with van der Waals surface area (Å²) in [5.74, 6) is 3.55. The van der Waals surface area contributed by atoms with E-state index in [2.05, 4.69) is 41.8 Å². The normalized spacial score (nSPS) is 20.7. The number of rotatable bonds is 4. The first-order valence-corrected chi connectivity index (χ1v) is 10.8. The van der Waals surface area contributed by atoms with Crippen LogP contribution in [0.2, 0.25) is 0 Å². The van der Waals surface area contributed by atoms with Gasteiger partial charge in [0, 0.05) is 68.7 Å². The average Bonchev–Trinajstić information content (AvgIpc) is 2.73. The van der Waals surface area contributed by atoms with Crippen LogP contribution in [0.5, 0.6) is 0 Å². The molecule has 1 aliphatic carbocycles. The van der Waals surface area contributed by atoms with Gasteiger partial charge in [0.2, 0.25) is 5.95 Å². The molecule has 4 heterocycles. The van der Waals surface area contributed by atoms with E-state index in [-0.39, 0.29) is 0 Å². The number of ether oxygens (including phenoxy) is 1. The number of aryl methyl sites for hydroxylation is 1. The Balaban J connectivity index is 1.26. The van der Waals surface area contributed by atoms with Crippen molar-refractivity contribution in [2.24, 2.45) is 0 Å². The van der Waals surface area contributed by atoms with E-state index in [1.807, 2.05) is 6.92 Å². The molecule has 2 aromatic heterocycles. The van der Waals surface area contributed by atoms with Crippen molar-refractivity contribution in [1.29, 1.82) is 0 Å². The zero-order valence-corrected chi connectivity index (χ0v) is 17.1. The average molecular weight is 396 g/mol. The van der Waals surface area contributed by atoms with Gasteiger partial charge in [0.25, 0.3) is 0 Å². The molecule has 2 saturated heterocycles. The zero-order valence-electron chi connectivity index (χ0n) is 17.1. The van der Waals surface area contributed by atoms with Crippen LogP contribution in [-0.2, 0) is 4.74 Å². The predicted octanol–water partition coefficient (Wildman–Crippen LogP) is 2.01. The maximum absolute atomic E-state index is 5.46. The molecule has 5 rings (SSSR count). The summed E-state index contributed by atoms with van der Waals surface area (Å²) in [6, 6.07) is 4.30. The first-order chi connectivity index (χ1) is 14.3. The number of morpholine rings is 1. The minimum atomic E-state index is 0.639. The largest absolute Gasteiger partial charge is 0.378 e. The number of hydrogen-bond donors (Lipinski definition) is 0. The lowest BCUT2D eigenvalue weighted by atomic mass is 9.83. The molecule has 8 heteroatoms. The van der Waals surface area contributed by atoms with Crippen molar-refractivity contribution in [3.8, 4) is 0 Å². The van der Waals surface area contributed by atoms with E-state index in [9.17, 15) is 0 Å². The summed E-state index contributed by atoms with van der Waals surface area (Å²) in [6.45, 7) is 8.99. The van der Waals surface area contributed by atoms with Gasteiger partial charge in [0.1, 0.15) is 18.0 Å². The Morgan fingerprint density at radius 1 is 0.828 bits per heavy atom. The van der Waals surface area contributed by atoms with Crippen LogP contribution in [0, 0.1) is 6.92 Å². The molecule has 2 aromatic rings. The van der Waals surface area contributed by atoms with Crippen LogP contribution >= 0.6 is 0 Å². The Morgan fingerprint density at radius 2 is 1.55 bits per heavy atom. The lowest BCUT2D eigenvalue weighted by molar-refractivity contribution is 0.122. The summed E-state index contributed by atoms with van der Waals surface area (Å²) >= 11 is 0. The Hall–Kier alpha value is -2.48. The maximum atomic E-state index is 5.46. The fourth-order valence-electron chi connectivity index (χ4n) is 4.23. The second-order valence-electron chi connectivity index (χ2n) is 8.17. The molecule has 0 atom stereocenters. The summed E-state index contributed by atoms with van der Waals surface area (Å²) in [5, 5.41) is 0. The summed E-state index contributed by atoms with van der Waals surface area (Å²) in [6.07, 6.45) is 5.59. The minimum Gasteiger partial charge on any atom is -0.378 e. The van der Waals surface area contributed by atoms with Crippen molar-refractivity contribution in [3.63, 3.8) is 0 Å².